The van der Waals surface area contributed by atoms with Crippen molar-refractivity contribution in [2.75, 3.05) is 5.32 Å². The van der Waals surface area contributed by atoms with Crippen LogP contribution in [0.3, 0.4) is 0 Å². The van der Waals surface area contributed by atoms with E-state index in [2.05, 4.69) is 15.5 Å². The molecule has 3 rings (SSSR count). The number of anilines is 1. The van der Waals surface area contributed by atoms with Gasteiger partial charge in [-0.25, -0.2) is 0 Å². The van der Waals surface area contributed by atoms with Gasteiger partial charge in [-0.2, -0.15) is 4.98 Å². The molecule has 0 bridgehead atoms. The van der Waals surface area contributed by atoms with E-state index in [1.807, 2.05) is 17.5 Å². The van der Waals surface area contributed by atoms with Crippen LogP contribution >= 0.6 is 34.5 Å². The van der Waals surface area contributed by atoms with Crippen molar-refractivity contribution in [2.45, 2.75) is 12.8 Å². The number of hydrogen-bond acceptors (Lipinski definition) is 5. The minimum Gasteiger partial charge on any atom is -0.339 e. The fourth-order valence-electron chi connectivity index (χ4n) is 1.93. The second-order valence-electron chi connectivity index (χ2n) is 4.70. The van der Waals surface area contributed by atoms with Crippen molar-refractivity contribution < 1.29 is 9.32 Å². The molecule has 5 nitrogen and oxygen atoms in total. The second kappa shape index (κ2) is 7.12. The summed E-state index contributed by atoms with van der Waals surface area (Å²) < 4.78 is 5.15. The monoisotopic (exact) mass is 367 g/mol. The first-order chi connectivity index (χ1) is 11.1. The van der Waals surface area contributed by atoms with Crippen LogP contribution in [-0.2, 0) is 11.2 Å². The topological polar surface area (TPSA) is 68.0 Å². The van der Waals surface area contributed by atoms with Crippen LogP contribution in [0.25, 0.3) is 10.7 Å². The number of rotatable bonds is 5. The summed E-state index contributed by atoms with van der Waals surface area (Å²) in [4.78, 5) is 17.2. The van der Waals surface area contributed by atoms with E-state index in [1.165, 1.54) is 11.3 Å². The second-order valence-corrected chi connectivity index (χ2v) is 6.52. The van der Waals surface area contributed by atoms with Crippen molar-refractivity contribution in [3.05, 3.63) is 51.6 Å². The van der Waals surface area contributed by atoms with Gasteiger partial charge in [0.05, 0.1) is 4.88 Å². The molecule has 0 saturated heterocycles. The van der Waals surface area contributed by atoms with Crippen LogP contribution in [-0.4, -0.2) is 16.0 Å². The van der Waals surface area contributed by atoms with Crippen molar-refractivity contribution in [2.24, 2.45) is 0 Å². The number of aryl methyl sites for hydroxylation is 1. The van der Waals surface area contributed by atoms with Crippen LogP contribution in [0, 0.1) is 0 Å². The van der Waals surface area contributed by atoms with Gasteiger partial charge < -0.3 is 9.84 Å². The van der Waals surface area contributed by atoms with Crippen LogP contribution in [0.15, 0.2) is 40.2 Å². The van der Waals surface area contributed by atoms with E-state index in [4.69, 9.17) is 27.7 Å². The molecule has 0 fully saturated rings. The van der Waals surface area contributed by atoms with Crippen LogP contribution in [0.4, 0.5) is 5.69 Å². The molecular formula is C15H11Cl2N3O2S. The van der Waals surface area contributed by atoms with Crippen molar-refractivity contribution >= 4 is 46.1 Å². The lowest BCUT2D eigenvalue weighted by Gasteiger charge is -2.05. The minimum absolute atomic E-state index is 0.181. The van der Waals surface area contributed by atoms with E-state index < -0.39 is 0 Å². The molecule has 118 valence electrons. The first-order valence-electron chi connectivity index (χ1n) is 6.72. The zero-order valence-corrected chi connectivity index (χ0v) is 14.1. The fraction of sp³-hybridized carbons (Fsp3) is 0.133. The van der Waals surface area contributed by atoms with Crippen molar-refractivity contribution in [1.29, 1.82) is 0 Å². The molecule has 1 aromatic carbocycles. The number of benzene rings is 1. The molecule has 0 saturated carbocycles. The molecule has 0 radical (unpaired) electrons. The number of thiophene rings is 1. The Morgan fingerprint density at radius 3 is 2.74 bits per heavy atom. The fourth-order valence-corrected chi connectivity index (χ4v) is 3.11. The van der Waals surface area contributed by atoms with E-state index in [9.17, 15) is 4.79 Å². The maximum atomic E-state index is 12.0. The summed E-state index contributed by atoms with van der Waals surface area (Å²) in [5.74, 6) is 0.781. The van der Waals surface area contributed by atoms with Gasteiger partial charge >= 0.3 is 0 Å². The van der Waals surface area contributed by atoms with Gasteiger partial charge in [0.1, 0.15) is 0 Å². The Hall–Kier alpha value is -1.89. The average Bonchev–Trinajstić information content (AvgIpc) is 3.15. The summed E-state index contributed by atoms with van der Waals surface area (Å²) in [7, 11) is 0. The predicted octanol–water partition coefficient (Wildman–Crippen LogP) is 4.68. The predicted molar refractivity (Wildman–Crippen MR) is 91.0 cm³/mol. The molecule has 0 aliphatic carbocycles. The Morgan fingerprint density at radius 1 is 1.26 bits per heavy atom. The third-order valence-corrected chi connectivity index (χ3v) is 4.22. The Kier molecular flexibility index (Phi) is 4.95. The van der Waals surface area contributed by atoms with E-state index in [-0.39, 0.29) is 12.3 Å². The van der Waals surface area contributed by atoms with Gasteiger partial charge in [0.2, 0.25) is 17.6 Å². The van der Waals surface area contributed by atoms with Crippen LogP contribution < -0.4 is 5.32 Å². The van der Waals surface area contributed by atoms with Gasteiger partial charge in [0.25, 0.3) is 0 Å². The highest BCUT2D eigenvalue weighted by Gasteiger charge is 2.11. The van der Waals surface area contributed by atoms with Gasteiger partial charge in [-0.15, -0.1) is 11.3 Å². The quantitative estimate of drug-likeness (QED) is 0.710. The molecule has 23 heavy (non-hydrogen) atoms. The Morgan fingerprint density at radius 2 is 2.04 bits per heavy atom. The lowest BCUT2D eigenvalue weighted by atomic mass is 10.2. The molecule has 2 heterocycles. The van der Waals surface area contributed by atoms with Crippen LogP contribution in [0.2, 0.25) is 10.0 Å². The molecule has 0 aliphatic heterocycles. The minimum atomic E-state index is -0.181. The molecule has 0 unspecified atom stereocenters. The van der Waals surface area contributed by atoms with E-state index in [1.54, 1.807) is 18.2 Å². The SMILES string of the molecule is O=C(CCc1nc(-c2cccs2)no1)Nc1cc(Cl)cc(Cl)c1. The molecule has 1 N–H and O–H groups in total. The normalized spacial score (nSPS) is 10.7. The number of carbonyl (C=O) groups is 1. The first-order valence-corrected chi connectivity index (χ1v) is 8.36. The standard InChI is InChI=1S/C15H11Cl2N3O2S/c16-9-6-10(17)8-11(7-9)18-13(21)3-4-14-19-15(20-22-14)12-2-1-5-23-12/h1-2,5-8H,3-4H2,(H,18,21). The zero-order valence-electron chi connectivity index (χ0n) is 11.8. The number of aromatic nitrogens is 2. The van der Waals surface area contributed by atoms with E-state index in [0.29, 0.717) is 33.9 Å². The van der Waals surface area contributed by atoms with Crippen LogP contribution in [0.5, 0.6) is 0 Å². The Balaban J connectivity index is 1.57. The molecule has 0 aliphatic rings. The first kappa shape index (κ1) is 16.0. The van der Waals surface area contributed by atoms with Crippen LogP contribution in [0.1, 0.15) is 12.3 Å². The van der Waals surface area contributed by atoms with Gasteiger partial charge in [-0.1, -0.05) is 34.4 Å². The van der Waals surface area contributed by atoms with Gasteiger partial charge in [-0.05, 0) is 29.6 Å². The van der Waals surface area contributed by atoms with Crippen molar-refractivity contribution in [3.63, 3.8) is 0 Å². The third kappa shape index (κ3) is 4.31. The smallest absolute Gasteiger partial charge is 0.227 e. The maximum Gasteiger partial charge on any atom is 0.227 e. The molecule has 0 spiro atoms. The molecule has 0 atom stereocenters. The molecule has 1 amide bonds. The highest BCUT2D eigenvalue weighted by atomic mass is 35.5. The lowest BCUT2D eigenvalue weighted by Crippen LogP contribution is -2.12. The molecule has 3 aromatic rings. The van der Waals surface area contributed by atoms with Gasteiger partial charge in [-0.3, -0.25) is 4.79 Å². The van der Waals surface area contributed by atoms with Gasteiger partial charge in [0, 0.05) is 28.6 Å². The van der Waals surface area contributed by atoms with Gasteiger partial charge in [0.15, 0.2) is 0 Å². The summed E-state index contributed by atoms with van der Waals surface area (Å²) in [6, 6.07) is 8.69. The number of nitrogens with zero attached hydrogens (tertiary/aromatic N) is 2. The highest BCUT2D eigenvalue weighted by Crippen LogP contribution is 2.23. The number of carbonyl (C=O) groups excluding carboxylic acids is 1. The number of hydrogen-bond donors (Lipinski definition) is 1. The number of halogens is 2. The lowest BCUT2D eigenvalue weighted by molar-refractivity contribution is -0.116. The Bertz CT molecular complexity index is 798. The third-order valence-electron chi connectivity index (χ3n) is 2.92. The number of nitrogens with one attached hydrogen (secondary N) is 1. The summed E-state index contributed by atoms with van der Waals surface area (Å²) in [6.07, 6.45) is 0.578. The average molecular weight is 368 g/mol. The highest BCUT2D eigenvalue weighted by molar-refractivity contribution is 7.13. The van der Waals surface area contributed by atoms with Crippen molar-refractivity contribution in [3.8, 4) is 10.7 Å². The maximum absolute atomic E-state index is 12.0. The summed E-state index contributed by atoms with van der Waals surface area (Å²) in [6.45, 7) is 0. The number of amides is 1. The molecule has 2 aromatic heterocycles. The Labute approximate surface area is 146 Å². The zero-order chi connectivity index (χ0) is 16.2. The summed E-state index contributed by atoms with van der Waals surface area (Å²) >= 11 is 13.3. The molecule has 8 heteroatoms. The van der Waals surface area contributed by atoms with Crippen molar-refractivity contribution in [1.82, 2.24) is 10.1 Å². The van der Waals surface area contributed by atoms with E-state index >= 15 is 0 Å². The summed E-state index contributed by atoms with van der Waals surface area (Å²) in [5.41, 5.74) is 0.553. The molecular weight excluding hydrogens is 357 g/mol. The largest absolute Gasteiger partial charge is 0.339 e. The van der Waals surface area contributed by atoms with E-state index in [0.717, 1.165) is 4.88 Å². The summed E-state index contributed by atoms with van der Waals surface area (Å²) in [5, 5.41) is 9.50.